The van der Waals surface area contributed by atoms with E-state index in [-0.39, 0.29) is 28.8 Å². The molecule has 5 nitrogen and oxygen atoms in total. The molecule has 0 fully saturated rings. The van der Waals surface area contributed by atoms with Gasteiger partial charge < -0.3 is 10.5 Å². The highest BCUT2D eigenvalue weighted by molar-refractivity contribution is 6.32. The Balaban J connectivity index is 1.83. The number of rotatable bonds is 4. The summed E-state index contributed by atoms with van der Waals surface area (Å²) >= 11 is 6.12. The van der Waals surface area contributed by atoms with Crippen molar-refractivity contribution in [2.75, 3.05) is 0 Å². The number of aryl methyl sites for hydroxylation is 2. The SMILES string of the molecule is Cc1cc(C)c(C2C3CCCC=C3C(C#N)=C(N)C2(C#N)C#N)cc1COc1ccc(F)cc1Cl. The molecule has 2 aliphatic rings. The van der Waals surface area contributed by atoms with Gasteiger partial charge in [0.25, 0.3) is 0 Å². The third kappa shape index (κ3) is 4.03. The standard InChI is InChI=1S/C28H24ClFN4O/c1-16-9-17(2)22(10-18(16)13-35-25-8-7-19(30)11-24(25)29)26-21-6-4-3-5-20(21)23(12-31)27(34)28(26,14-32)15-33/h5,7-11,21,26H,3-4,6,13,34H2,1-2H3. The molecule has 0 radical (unpaired) electrons. The van der Waals surface area contributed by atoms with Crippen LogP contribution in [0.15, 0.2) is 53.3 Å². The van der Waals surface area contributed by atoms with Gasteiger partial charge in [0.05, 0.1) is 28.4 Å². The highest BCUT2D eigenvalue weighted by Crippen LogP contribution is 2.56. The molecule has 0 aromatic heterocycles. The van der Waals surface area contributed by atoms with Gasteiger partial charge in [0.15, 0.2) is 5.41 Å². The largest absolute Gasteiger partial charge is 0.487 e. The van der Waals surface area contributed by atoms with Crippen molar-refractivity contribution in [2.45, 2.75) is 45.6 Å². The first kappa shape index (κ1) is 24.3. The van der Waals surface area contributed by atoms with E-state index in [0.717, 1.165) is 47.1 Å². The van der Waals surface area contributed by atoms with Crippen LogP contribution in [0.4, 0.5) is 4.39 Å². The summed E-state index contributed by atoms with van der Waals surface area (Å²) in [5.41, 5.74) is 9.45. The number of nitrogens with two attached hydrogens (primary N) is 1. The minimum Gasteiger partial charge on any atom is -0.487 e. The number of fused-ring (bicyclic) bond motifs is 1. The molecule has 2 atom stereocenters. The van der Waals surface area contributed by atoms with Crippen molar-refractivity contribution in [3.8, 4) is 24.0 Å². The minimum atomic E-state index is -1.66. The van der Waals surface area contributed by atoms with Gasteiger partial charge in [0.2, 0.25) is 0 Å². The van der Waals surface area contributed by atoms with Crippen LogP contribution in [0.25, 0.3) is 0 Å². The van der Waals surface area contributed by atoms with Crippen molar-refractivity contribution in [1.29, 1.82) is 15.8 Å². The van der Waals surface area contributed by atoms with E-state index < -0.39 is 17.2 Å². The topological polar surface area (TPSA) is 107 Å². The van der Waals surface area contributed by atoms with Crippen LogP contribution < -0.4 is 10.5 Å². The Morgan fingerprint density at radius 2 is 1.89 bits per heavy atom. The van der Waals surface area contributed by atoms with Crippen LogP contribution in [-0.2, 0) is 6.61 Å². The molecule has 0 amide bonds. The van der Waals surface area contributed by atoms with Crippen molar-refractivity contribution < 1.29 is 9.13 Å². The Morgan fingerprint density at radius 3 is 2.54 bits per heavy atom. The first-order chi connectivity index (χ1) is 16.8. The molecule has 2 N–H and O–H groups in total. The number of hydrogen-bond donors (Lipinski definition) is 1. The maximum atomic E-state index is 13.4. The monoisotopic (exact) mass is 486 g/mol. The van der Waals surface area contributed by atoms with Crippen molar-refractivity contribution in [1.82, 2.24) is 0 Å². The Morgan fingerprint density at radius 1 is 1.14 bits per heavy atom. The number of nitriles is 3. The first-order valence-electron chi connectivity index (χ1n) is 11.4. The van der Waals surface area contributed by atoms with Crippen LogP contribution in [0.2, 0.25) is 5.02 Å². The Labute approximate surface area is 209 Å². The fraction of sp³-hybridized carbons (Fsp3) is 0.321. The van der Waals surface area contributed by atoms with E-state index in [1.54, 1.807) is 0 Å². The third-order valence-electron chi connectivity index (χ3n) is 7.14. The molecule has 0 bridgehead atoms. The minimum absolute atomic E-state index is 0.0234. The van der Waals surface area contributed by atoms with Gasteiger partial charge in [-0.15, -0.1) is 0 Å². The molecule has 4 rings (SSSR count). The zero-order valence-corrected chi connectivity index (χ0v) is 20.3. The van der Waals surface area contributed by atoms with Gasteiger partial charge >= 0.3 is 0 Å². The normalized spacial score (nSPS) is 20.7. The maximum Gasteiger partial charge on any atom is 0.191 e. The average molecular weight is 487 g/mol. The van der Waals surface area contributed by atoms with E-state index in [0.29, 0.717) is 5.75 Å². The predicted octanol–water partition coefficient (Wildman–Crippen LogP) is 6.27. The highest BCUT2D eigenvalue weighted by Gasteiger charge is 2.54. The van der Waals surface area contributed by atoms with E-state index in [1.807, 2.05) is 32.1 Å². The number of benzene rings is 2. The second-order valence-corrected chi connectivity index (χ2v) is 9.51. The third-order valence-corrected chi connectivity index (χ3v) is 7.43. The first-order valence-corrected chi connectivity index (χ1v) is 11.8. The summed E-state index contributed by atoms with van der Waals surface area (Å²) in [7, 11) is 0. The van der Waals surface area contributed by atoms with E-state index in [9.17, 15) is 20.2 Å². The maximum absolute atomic E-state index is 13.4. The van der Waals surface area contributed by atoms with Crippen molar-refractivity contribution >= 4 is 11.6 Å². The molecule has 0 saturated carbocycles. The molecule has 2 aromatic rings. The molecule has 2 aromatic carbocycles. The lowest BCUT2D eigenvalue weighted by Gasteiger charge is -2.44. The van der Waals surface area contributed by atoms with E-state index in [1.165, 1.54) is 18.2 Å². The van der Waals surface area contributed by atoms with Crippen LogP contribution >= 0.6 is 11.6 Å². The van der Waals surface area contributed by atoms with Crippen LogP contribution in [0.3, 0.4) is 0 Å². The molecule has 0 heterocycles. The second-order valence-electron chi connectivity index (χ2n) is 9.11. The quantitative estimate of drug-likeness (QED) is 0.548. The van der Waals surface area contributed by atoms with E-state index in [4.69, 9.17) is 22.1 Å². The van der Waals surface area contributed by atoms with Crippen molar-refractivity contribution in [3.05, 3.63) is 86.3 Å². The molecule has 35 heavy (non-hydrogen) atoms. The average Bonchev–Trinajstić information content (AvgIpc) is 2.84. The molecular weight excluding hydrogens is 463 g/mol. The van der Waals surface area contributed by atoms with Crippen molar-refractivity contribution in [3.63, 3.8) is 0 Å². The van der Waals surface area contributed by atoms with Gasteiger partial charge in [-0.2, -0.15) is 15.8 Å². The highest BCUT2D eigenvalue weighted by atomic mass is 35.5. The molecular formula is C28H24ClFN4O. The summed E-state index contributed by atoms with van der Waals surface area (Å²) in [6.07, 6.45) is 4.51. The van der Waals surface area contributed by atoms with Crippen LogP contribution in [-0.4, -0.2) is 0 Å². The van der Waals surface area contributed by atoms with Gasteiger partial charge in [-0.25, -0.2) is 4.39 Å². The van der Waals surface area contributed by atoms with Crippen LogP contribution in [0.1, 0.15) is 47.4 Å². The van der Waals surface area contributed by atoms with E-state index >= 15 is 0 Å². The fourth-order valence-electron chi connectivity index (χ4n) is 5.37. The zero-order valence-electron chi connectivity index (χ0n) is 19.5. The Hall–Kier alpha value is -3.79. The molecule has 0 saturated heterocycles. The number of halogens is 2. The summed E-state index contributed by atoms with van der Waals surface area (Å²) < 4.78 is 19.3. The molecule has 7 heteroatoms. The summed E-state index contributed by atoms with van der Waals surface area (Å²) in [4.78, 5) is 0. The molecule has 0 aliphatic heterocycles. The lowest BCUT2D eigenvalue weighted by Crippen LogP contribution is -2.43. The Kier molecular flexibility index (Phi) is 6.58. The van der Waals surface area contributed by atoms with Crippen LogP contribution in [0, 0.1) is 65.0 Å². The lowest BCUT2D eigenvalue weighted by atomic mass is 9.56. The smallest absolute Gasteiger partial charge is 0.191 e. The summed E-state index contributed by atoms with van der Waals surface area (Å²) in [5.74, 6) is -0.794. The summed E-state index contributed by atoms with van der Waals surface area (Å²) in [6.45, 7) is 4.08. The number of ether oxygens (including phenoxy) is 1. The lowest BCUT2D eigenvalue weighted by molar-refractivity contribution is 0.301. The fourth-order valence-corrected chi connectivity index (χ4v) is 5.59. The zero-order chi connectivity index (χ0) is 25.3. The predicted molar refractivity (Wildman–Crippen MR) is 130 cm³/mol. The molecule has 176 valence electrons. The van der Waals surface area contributed by atoms with Gasteiger partial charge in [-0.3, -0.25) is 0 Å². The van der Waals surface area contributed by atoms with Gasteiger partial charge in [-0.05, 0) is 85.1 Å². The van der Waals surface area contributed by atoms with Gasteiger partial charge in [-0.1, -0.05) is 29.8 Å². The number of allylic oxidation sites excluding steroid dienone is 4. The Bertz CT molecular complexity index is 1380. The summed E-state index contributed by atoms with van der Waals surface area (Å²) in [5, 5.41) is 30.6. The molecule has 2 aliphatic carbocycles. The summed E-state index contributed by atoms with van der Waals surface area (Å²) in [6, 6.07) is 14.5. The van der Waals surface area contributed by atoms with E-state index in [2.05, 4.69) is 18.2 Å². The van der Waals surface area contributed by atoms with Crippen LogP contribution in [0.5, 0.6) is 5.75 Å². The second kappa shape index (κ2) is 9.46. The molecule has 0 spiro atoms. The van der Waals surface area contributed by atoms with Gasteiger partial charge in [0.1, 0.15) is 24.2 Å². The van der Waals surface area contributed by atoms with Gasteiger partial charge in [0, 0.05) is 5.92 Å². The number of hydrogen-bond acceptors (Lipinski definition) is 5. The number of nitrogens with zero attached hydrogens (tertiary/aromatic N) is 3. The molecule has 2 unspecified atom stereocenters. The van der Waals surface area contributed by atoms with Crippen molar-refractivity contribution in [2.24, 2.45) is 17.1 Å².